The molecule has 0 bridgehead atoms. The van der Waals surface area contributed by atoms with E-state index >= 15 is 0 Å². The Morgan fingerprint density at radius 3 is 2.88 bits per heavy atom. The van der Waals surface area contributed by atoms with Crippen LogP contribution in [0.25, 0.3) is 0 Å². The summed E-state index contributed by atoms with van der Waals surface area (Å²) in [5, 5.41) is 6.09. The Bertz CT molecular complexity index is 371. The first-order valence-electron chi connectivity index (χ1n) is 5.62. The Morgan fingerprint density at radius 1 is 1.25 bits per heavy atom. The van der Waals surface area contributed by atoms with E-state index in [1.165, 1.54) is 0 Å². The second-order valence-electron chi connectivity index (χ2n) is 3.89. The van der Waals surface area contributed by atoms with E-state index in [4.69, 9.17) is 0 Å². The van der Waals surface area contributed by atoms with Crippen molar-refractivity contribution in [3.8, 4) is 0 Å². The van der Waals surface area contributed by atoms with Crippen molar-refractivity contribution < 1.29 is 4.79 Å². The van der Waals surface area contributed by atoms with Crippen LogP contribution in [0.5, 0.6) is 0 Å². The van der Waals surface area contributed by atoms with Gasteiger partial charge in [-0.1, -0.05) is 30.4 Å². The van der Waals surface area contributed by atoms with Gasteiger partial charge in [-0.05, 0) is 31.5 Å². The minimum Gasteiger partial charge on any atom is -0.325 e. The van der Waals surface area contributed by atoms with Crippen LogP contribution in [-0.4, -0.2) is 18.5 Å². The van der Waals surface area contributed by atoms with E-state index in [1.807, 2.05) is 42.5 Å². The molecular weight excluding hydrogens is 200 g/mol. The van der Waals surface area contributed by atoms with Crippen LogP contribution in [-0.2, 0) is 4.79 Å². The zero-order chi connectivity index (χ0) is 11.2. The molecule has 2 N–H and O–H groups in total. The molecule has 0 aromatic carbocycles. The van der Waals surface area contributed by atoms with E-state index in [-0.39, 0.29) is 11.9 Å². The zero-order valence-electron chi connectivity index (χ0n) is 9.15. The Hall–Kier alpha value is -1.61. The normalized spacial score (nSPS) is 33.0. The summed E-state index contributed by atoms with van der Waals surface area (Å²) in [5.74, 6) is 0.0614. The van der Waals surface area contributed by atoms with Crippen LogP contribution in [0.3, 0.4) is 0 Å². The van der Waals surface area contributed by atoms with Crippen molar-refractivity contribution in [3.63, 3.8) is 0 Å². The lowest BCUT2D eigenvalue weighted by Crippen LogP contribution is -2.39. The van der Waals surface area contributed by atoms with Crippen molar-refractivity contribution in [3.05, 3.63) is 48.2 Å². The SMILES string of the molecule is O=C(NC1=C/C=C\C=C/C=C\1)C1CCCN1. The molecule has 0 radical (unpaired) electrons. The van der Waals surface area contributed by atoms with Gasteiger partial charge in [0.2, 0.25) is 5.91 Å². The lowest BCUT2D eigenvalue weighted by molar-refractivity contribution is -0.122. The molecule has 0 aromatic rings. The molecule has 0 saturated carbocycles. The average molecular weight is 216 g/mol. The first kappa shape index (κ1) is 10.9. The van der Waals surface area contributed by atoms with Gasteiger partial charge in [0.15, 0.2) is 0 Å². The molecule has 3 nitrogen and oxygen atoms in total. The highest BCUT2D eigenvalue weighted by Crippen LogP contribution is 2.06. The molecule has 1 unspecified atom stereocenters. The minimum atomic E-state index is -0.0285. The van der Waals surface area contributed by atoms with E-state index in [0.717, 1.165) is 25.1 Å². The second kappa shape index (κ2) is 5.47. The summed E-state index contributed by atoms with van der Waals surface area (Å²) in [4.78, 5) is 11.8. The Morgan fingerprint density at radius 2 is 2.06 bits per heavy atom. The topological polar surface area (TPSA) is 41.1 Å². The van der Waals surface area contributed by atoms with Crippen molar-refractivity contribution in [1.82, 2.24) is 10.6 Å². The number of rotatable bonds is 2. The molecule has 16 heavy (non-hydrogen) atoms. The molecule has 1 atom stereocenters. The fourth-order valence-electron chi connectivity index (χ4n) is 1.79. The van der Waals surface area contributed by atoms with Gasteiger partial charge < -0.3 is 10.6 Å². The smallest absolute Gasteiger partial charge is 0.241 e. The van der Waals surface area contributed by atoms with Gasteiger partial charge in [0.05, 0.1) is 6.04 Å². The first-order chi connectivity index (χ1) is 7.86. The van der Waals surface area contributed by atoms with Gasteiger partial charge in [-0.15, -0.1) is 0 Å². The van der Waals surface area contributed by atoms with Crippen molar-refractivity contribution in [1.29, 1.82) is 0 Å². The zero-order valence-corrected chi connectivity index (χ0v) is 9.15. The van der Waals surface area contributed by atoms with Crippen LogP contribution >= 0.6 is 0 Å². The second-order valence-corrected chi connectivity index (χ2v) is 3.89. The molecule has 0 spiro atoms. The van der Waals surface area contributed by atoms with Crippen molar-refractivity contribution in [2.45, 2.75) is 18.9 Å². The van der Waals surface area contributed by atoms with Crippen molar-refractivity contribution in [2.24, 2.45) is 0 Å². The molecule has 1 amide bonds. The van der Waals surface area contributed by atoms with Crippen LogP contribution in [0.4, 0.5) is 0 Å². The monoisotopic (exact) mass is 216 g/mol. The van der Waals surface area contributed by atoms with Gasteiger partial charge in [0.25, 0.3) is 0 Å². The predicted molar refractivity (Wildman–Crippen MR) is 64.7 cm³/mol. The van der Waals surface area contributed by atoms with Crippen LogP contribution in [0, 0.1) is 0 Å². The number of nitrogens with one attached hydrogen (secondary N) is 2. The van der Waals surface area contributed by atoms with Gasteiger partial charge in [-0.3, -0.25) is 4.79 Å². The lowest BCUT2D eigenvalue weighted by Gasteiger charge is -2.11. The number of amides is 1. The molecule has 84 valence electrons. The Kier molecular flexibility index (Phi) is 3.72. The van der Waals surface area contributed by atoms with Gasteiger partial charge in [-0.2, -0.15) is 0 Å². The van der Waals surface area contributed by atoms with Gasteiger partial charge in [0, 0.05) is 5.70 Å². The predicted octanol–water partition coefficient (Wildman–Crippen LogP) is 1.42. The van der Waals surface area contributed by atoms with Crippen LogP contribution in [0.1, 0.15) is 12.8 Å². The highest BCUT2D eigenvalue weighted by atomic mass is 16.2. The summed E-state index contributed by atoms with van der Waals surface area (Å²) >= 11 is 0. The number of hydrogen-bond donors (Lipinski definition) is 2. The summed E-state index contributed by atoms with van der Waals surface area (Å²) in [5.41, 5.74) is 0.833. The Labute approximate surface area is 95.6 Å². The van der Waals surface area contributed by atoms with Crippen LogP contribution in [0.2, 0.25) is 0 Å². The number of hydrogen-bond acceptors (Lipinski definition) is 2. The summed E-state index contributed by atoms with van der Waals surface area (Å²) < 4.78 is 0. The van der Waals surface area contributed by atoms with E-state index < -0.39 is 0 Å². The molecule has 1 aliphatic carbocycles. The van der Waals surface area contributed by atoms with E-state index in [9.17, 15) is 4.79 Å². The fraction of sp³-hybridized carbons (Fsp3) is 0.308. The number of allylic oxidation sites excluding steroid dienone is 7. The molecule has 3 heteroatoms. The standard InChI is InChI=1S/C13H16N2O/c16-13(12-9-6-10-14-12)15-11-7-4-2-1-3-5-8-11/h1-5,7-8,12,14H,6,9-10H2,(H,15,16)/b2-1-,3-1?,4-2?,5-3-,7-4-,8-5?,11-7?,11-8+. The van der Waals surface area contributed by atoms with Gasteiger partial charge in [-0.25, -0.2) is 0 Å². The average Bonchev–Trinajstić information content (AvgIpc) is 2.74. The quantitative estimate of drug-likeness (QED) is 0.733. The first-order valence-corrected chi connectivity index (χ1v) is 5.62. The van der Waals surface area contributed by atoms with Crippen molar-refractivity contribution in [2.75, 3.05) is 6.54 Å². The number of carbonyl (C=O) groups excluding carboxylic acids is 1. The van der Waals surface area contributed by atoms with E-state index in [2.05, 4.69) is 10.6 Å². The third-order valence-electron chi connectivity index (χ3n) is 2.64. The molecule has 1 fully saturated rings. The van der Waals surface area contributed by atoms with E-state index in [0.29, 0.717) is 0 Å². The highest BCUT2D eigenvalue weighted by Gasteiger charge is 2.21. The molecule has 1 heterocycles. The Balaban J connectivity index is 1.95. The molecule has 0 aromatic heterocycles. The van der Waals surface area contributed by atoms with Gasteiger partial charge >= 0.3 is 0 Å². The highest BCUT2D eigenvalue weighted by molar-refractivity contribution is 5.84. The maximum Gasteiger partial charge on any atom is 0.241 e. The summed E-state index contributed by atoms with van der Waals surface area (Å²) in [6, 6.07) is -0.0285. The molecule has 1 saturated heterocycles. The summed E-state index contributed by atoms with van der Waals surface area (Å²) in [6.45, 7) is 0.940. The third-order valence-corrected chi connectivity index (χ3v) is 2.64. The lowest BCUT2D eigenvalue weighted by atomic mass is 10.2. The van der Waals surface area contributed by atoms with Crippen molar-refractivity contribution >= 4 is 5.91 Å². The fourth-order valence-corrected chi connectivity index (χ4v) is 1.79. The number of carbonyl (C=O) groups is 1. The van der Waals surface area contributed by atoms with Gasteiger partial charge in [0.1, 0.15) is 0 Å². The maximum absolute atomic E-state index is 11.8. The van der Waals surface area contributed by atoms with Crippen LogP contribution < -0.4 is 10.6 Å². The molecular formula is C13H16N2O. The summed E-state index contributed by atoms with van der Waals surface area (Å²) in [6.07, 6.45) is 15.4. The van der Waals surface area contributed by atoms with E-state index in [1.54, 1.807) is 0 Å². The van der Waals surface area contributed by atoms with Crippen LogP contribution in [0.15, 0.2) is 48.2 Å². The molecule has 2 aliphatic rings. The molecule has 2 rings (SSSR count). The third kappa shape index (κ3) is 2.94. The minimum absolute atomic E-state index is 0.0285. The summed E-state index contributed by atoms with van der Waals surface area (Å²) in [7, 11) is 0. The maximum atomic E-state index is 11.8. The molecule has 1 aliphatic heterocycles. The largest absolute Gasteiger partial charge is 0.325 e.